The van der Waals surface area contributed by atoms with Crippen LogP contribution in [0.25, 0.3) is 0 Å². The fraction of sp³-hybridized carbons (Fsp3) is 0.214. The Balaban J connectivity index is 2.03. The lowest BCUT2D eigenvalue weighted by atomic mass is 10.2. The van der Waals surface area contributed by atoms with Gasteiger partial charge in [0.1, 0.15) is 11.6 Å². The molecule has 5 heteroatoms. The van der Waals surface area contributed by atoms with E-state index in [0.717, 1.165) is 15.8 Å². The van der Waals surface area contributed by atoms with Crippen molar-refractivity contribution < 1.29 is 4.74 Å². The average Bonchev–Trinajstić information content (AvgIpc) is 2.38. The molecule has 0 aliphatic rings. The lowest BCUT2D eigenvalue weighted by Gasteiger charge is -2.10. The molecular formula is C14H16BrN3O. The smallest absolute Gasteiger partial charge is 0.149 e. The summed E-state index contributed by atoms with van der Waals surface area (Å²) < 4.78 is 6.33. The van der Waals surface area contributed by atoms with Gasteiger partial charge in [0.15, 0.2) is 0 Å². The van der Waals surface area contributed by atoms with E-state index in [9.17, 15) is 0 Å². The Morgan fingerprint density at radius 1 is 1.37 bits per heavy atom. The monoisotopic (exact) mass is 321 g/mol. The maximum absolute atomic E-state index is 5.88. The Kier molecular flexibility index (Phi) is 4.63. The summed E-state index contributed by atoms with van der Waals surface area (Å²) in [6.07, 6.45) is 1.72. The van der Waals surface area contributed by atoms with Gasteiger partial charge in [0, 0.05) is 17.2 Å². The quantitative estimate of drug-likeness (QED) is 0.885. The first kappa shape index (κ1) is 13.7. The number of hydrogen-bond donors (Lipinski definition) is 2. The standard InChI is InChI=1S/C14H16BrN3O/c1-2-19-12-5-3-4-10(6-12)8-17-14-13(16)7-11(15)9-18-14/h3-7,9H,2,8,16H2,1H3,(H,17,18). The van der Waals surface area contributed by atoms with E-state index in [0.29, 0.717) is 24.7 Å². The number of benzene rings is 1. The first-order valence-corrected chi connectivity index (χ1v) is 6.85. The van der Waals surface area contributed by atoms with Crippen molar-refractivity contribution in [1.82, 2.24) is 4.98 Å². The SMILES string of the molecule is CCOc1cccc(CNc2ncc(Br)cc2N)c1. The molecule has 100 valence electrons. The van der Waals surface area contributed by atoms with Crippen LogP contribution in [0.4, 0.5) is 11.5 Å². The van der Waals surface area contributed by atoms with Crippen molar-refractivity contribution in [3.8, 4) is 5.75 Å². The van der Waals surface area contributed by atoms with Gasteiger partial charge in [-0.1, -0.05) is 12.1 Å². The van der Waals surface area contributed by atoms with Gasteiger partial charge in [0.25, 0.3) is 0 Å². The molecule has 0 radical (unpaired) electrons. The molecule has 0 atom stereocenters. The van der Waals surface area contributed by atoms with E-state index in [1.54, 1.807) is 6.20 Å². The van der Waals surface area contributed by atoms with Crippen molar-refractivity contribution in [3.63, 3.8) is 0 Å². The van der Waals surface area contributed by atoms with Gasteiger partial charge in [-0.25, -0.2) is 4.98 Å². The molecule has 1 aromatic carbocycles. The predicted molar refractivity (Wildman–Crippen MR) is 81.3 cm³/mol. The summed E-state index contributed by atoms with van der Waals surface area (Å²) in [7, 11) is 0. The summed E-state index contributed by atoms with van der Waals surface area (Å²) >= 11 is 3.33. The van der Waals surface area contributed by atoms with Crippen molar-refractivity contribution in [1.29, 1.82) is 0 Å². The number of nitrogens with one attached hydrogen (secondary N) is 1. The number of rotatable bonds is 5. The van der Waals surface area contributed by atoms with Crippen molar-refractivity contribution in [2.75, 3.05) is 17.7 Å². The van der Waals surface area contributed by atoms with E-state index in [-0.39, 0.29) is 0 Å². The van der Waals surface area contributed by atoms with E-state index in [1.807, 2.05) is 37.3 Å². The number of nitrogens with two attached hydrogens (primary N) is 1. The first-order chi connectivity index (χ1) is 9.19. The molecule has 0 bridgehead atoms. The third kappa shape index (κ3) is 3.86. The van der Waals surface area contributed by atoms with Gasteiger partial charge in [-0.2, -0.15) is 0 Å². The molecule has 0 saturated heterocycles. The molecule has 3 N–H and O–H groups in total. The molecule has 4 nitrogen and oxygen atoms in total. The molecule has 0 aliphatic heterocycles. The highest BCUT2D eigenvalue weighted by Gasteiger charge is 2.02. The molecule has 0 spiro atoms. The van der Waals surface area contributed by atoms with Crippen LogP contribution in [0.15, 0.2) is 41.0 Å². The number of ether oxygens (including phenoxy) is 1. The zero-order chi connectivity index (χ0) is 13.7. The molecule has 1 heterocycles. The summed E-state index contributed by atoms with van der Waals surface area (Å²) in [5.41, 5.74) is 7.62. The van der Waals surface area contributed by atoms with Gasteiger partial charge in [-0.3, -0.25) is 0 Å². The highest BCUT2D eigenvalue weighted by Crippen LogP contribution is 2.21. The summed E-state index contributed by atoms with van der Waals surface area (Å²) in [5.74, 6) is 1.56. The van der Waals surface area contributed by atoms with Crippen molar-refractivity contribution >= 4 is 27.4 Å². The Labute approximate surface area is 121 Å². The number of halogens is 1. The second kappa shape index (κ2) is 6.43. The molecule has 0 saturated carbocycles. The van der Waals surface area contributed by atoms with Crippen LogP contribution in [0.2, 0.25) is 0 Å². The van der Waals surface area contributed by atoms with Crippen LogP contribution in [-0.2, 0) is 6.54 Å². The number of nitrogens with zero attached hydrogens (tertiary/aromatic N) is 1. The molecule has 0 unspecified atom stereocenters. The fourth-order valence-corrected chi connectivity index (χ4v) is 2.05. The second-order valence-electron chi connectivity index (χ2n) is 4.03. The highest BCUT2D eigenvalue weighted by molar-refractivity contribution is 9.10. The van der Waals surface area contributed by atoms with Crippen LogP contribution in [0, 0.1) is 0 Å². The van der Waals surface area contributed by atoms with Crippen LogP contribution < -0.4 is 15.8 Å². The van der Waals surface area contributed by atoms with Gasteiger partial charge >= 0.3 is 0 Å². The Morgan fingerprint density at radius 3 is 2.95 bits per heavy atom. The van der Waals surface area contributed by atoms with Gasteiger partial charge in [0.2, 0.25) is 0 Å². The largest absolute Gasteiger partial charge is 0.494 e. The van der Waals surface area contributed by atoms with E-state index in [4.69, 9.17) is 10.5 Å². The maximum atomic E-state index is 5.88. The molecule has 19 heavy (non-hydrogen) atoms. The predicted octanol–water partition coefficient (Wildman–Crippen LogP) is 3.44. The van der Waals surface area contributed by atoms with E-state index >= 15 is 0 Å². The van der Waals surface area contributed by atoms with Crippen LogP contribution >= 0.6 is 15.9 Å². The molecule has 2 rings (SSSR count). The maximum Gasteiger partial charge on any atom is 0.149 e. The summed E-state index contributed by atoms with van der Waals surface area (Å²) in [6, 6.07) is 9.78. The first-order valence-electron chi connectivity index (χ1n) is 6.05. The number of aromatic nitrogens is 1. The Hall–Kier alpha value is -1.75. The Morgan fingerprint density at radius 2 is 2.21 bits per heavy atom. The lowest BCUT2D eigenvalue weighted by Crippen LogP contribution is -2.04. The number of anilines is 2. The highest BCUT2D eigenvalue weighted by atomic mass is 79.9. The van der Waals surface area contributed by atoms with Crippen LogP contribution in [0.1, 0.15) is 12.5 Å². The topological polar surface area (TPSA) is 60.2 Å². The van der Waals surface area contributed by atoms with E-state index in [2.05, 4.69) is 26.2 Å². The fourth-order valence-electron chi connectivity index (χ4n) is 1.70. The van der Waals surface area contributed by atoms with Crippen molar-refractivity contribution in [2.24, 2.45) is 0 Å². The van der Waals surface area contributed by atoms with Gasteiger partial charge in [-0.15, -0.1) is 0 Å². The molecule has 0 fully saturated rings. The normalized spacial score (nSPS) is 10.2. The molecule has 1 aromatic heterocycles. The van der Waals surface area contributed by atoms with E-state index < -0.39 is 0 Å². The minimum absolute atomic E-state index is 0.621. The average molecular weight is 322 g/mol. The van der Waals surface area contributed by atoms with Crippen molar-refractivity contribution in [3.05, 3.63) is 46.6 Å². The second-order valence-corrected chi connectivity index (χ2v) is 4.94. The summed E-state index contributed by atoms with van der Waals surface area (Å²) in [6.45, 7) is 3.29. The summed E-state index contributed by atoms with van der Waals surface area (Å²) in [5, 5.41) is 3.21. The third-order valence-corrected chi connectivity index (χ3v) is 2.99. The number of nitrogen functional groups attached to an aromatic ring is 1. The van der Waals surface area contributed by atoms with Crippen LogP contribution in [0.5, 0.6) is 5.75 Å². The van der Waals surface area contributed by atoms with Crippen LogP contribution in [0.3, 0.4) is 0 Å². The lowest BCUT2D eigenvalue weighted by molar-refractivity contribution is 0.340. The zero-order valence-electron chi connectivity index (χ0n) is 10.7. The third-order valence-electron chi connectivity index (χ3n) is 2.55. The Bertz CT molecular complexity index is 560. The molecule has 2 aromatic rings. The molecule has 0 amide bonds. The van der Waals surface area contributed by atoms with Gasteiger partial charge in [0.05, 0.1) is 12.3 Å². The minimum Gasteiger partial charge on any atom is -0.494 e. The van der Waals surface area contributed by atoms with Gasteiger partial charge < -0.3 is 15.8 Å². The van der Waals surface area contributed by atoms with Crippen molar-refractivity contribution in [2.45, 2.75) is 13.5 Å². The number of hydrogen-bond acceptors (Lipinski definition) is 4. The van der Waals surface area contributed by atoms with Crippen LogP contribution in [-0.4, -0.2) is 11.6 Å². The molecular weight excluding hydrogens is 306 g/mol. The molecule has 0 aliphatic carbocycles. The summed E-state index contributed by atoms with van der Waals surface area (Å²) in [4.78, 5) is 4.24. The van der Waals surface area contributed by atoms with E-state index in [1.165, 1.54) is 0 Å². The number of pyridine rings is 1. The van der Waals surface area contributed by atoms with Gasteiger partial charge in [-0.05, 0) is 46.6 Å². The zero-order valence-corrected chi connectivity index (χ0v) is 12.3. The minimum atomic E-state index is 0.621.